The number of carbonyl (C=O) groups excluding carboxylic acids is 5. The van der Waals surface area contributed by atoms with Gasteiger partial charge in [0.05, 0.1) is 23.1 Å². The number of anilines is 1. The molecule has 0 spiro atoms. The largest absolute Gasteiger partial charge is 0.452 e. The molecule has 10 heteroatoms. The van der Waals surface area contributed by atoms with Gasteiger partial charge in [-0.15, -0.1) is 0 Å². The van der Waals surface area contributed by atoms with Crippen LogP contribution in [0.25, 0.3) is 0 Å². The summed E-state index contributed by atoms with van der Waals surface area (Å²) in [6, 6.07) is 22.2. The van der Waals surface area contributed by atoms with Crippen LogP contribution in [-0.4, -0.2) is 36.2 Å². The van der Waals surface area contributed by atoms with Crippen LogP contribution in [0.3, 0.4) is 0 Å². The highest BCUT2D eigenvalue weighted by Crippen LogP contribution is 2.61. The Morgan fingerprint density at radius 2 is 1.46 bits per heavy atom. The normalized spacial score (nSPS) is 24.2. The SMILES string of the molecule is O=C(COC(=O)c1ccc(N2C(=O)[C@@H]3[C@@H]4C[C@@H]([C@@H]3C2=O)[C@@H](c2ccccc2)C4)cc1)NNC(=O)c1ccc(Cl)cc1. The minimum Gasteiger partial charge on any atom is -0.452 e. The Balaban J connectivity index is 1.04. The first-order valence-electron chi connectivity index (χ1n) is 13.4. The molecule has 3 fully saturated rings. The molecule has 208 valence electrons. The molecule has 3 aromatic carbocycles. The Morgan fingerprint density at radius 1 is 0.805 bits per heavy atom. The number of ether oxygens (including phenoxy) is 1. The summed E-state index contributed by atoms with van der Waals surface area (Å²) in [6.07, 6.45) is 1.80. The van der Waals surface area contributed by atoms with E-state index < -0.39 is 24.4 Å². The van der Waals surface area contributed by atoms with E-state index in [0.29, 0.717) is 10.7 Å². The van der Waals surface area contributed by atoms with Gasteiger partial charge in [0.25, 0.3) is 11.8 Å². The molecule has 9 nitrogen and oxygen atoms in total. The third-order valence-electron chi connectivity index (χ3n) is 8.36. The van der Waals surface area contributed by atoms with Gasteiger partial charge in [-0.3, -0.25) is 34.9 Å². The molecule has 1 saturated heterocycles. The van der Waals surface area contributed by atoms with Crippen LogP contribution in [0.15, 0.2) is 78.9 Å². The first kappa shape index (κ1) is 26.7. The number of fused-ring (bicyclic) bond motifs is 5. The third-order valence-corrected chi connectivity index (χ3v) is 8.61. The van der Waals surface area contributed by atoms with E-state index in [1.54, 1.807) is 0 Å². The van der Waals surface area contributed by atoms with E-state index in [0.717, 1.165) is 12.8 Å². The van der Waals surface area contributed by atoms with Crippen LogP contribution >= 0.6 is 11.6 Å². The highest BCUT2D eigenvalue weighted by molar-refractivity contribution is 6.30. The van der Waals surface area contributed by atoms with Gasteiger partial charge in [-0.1, -0.05) is 41.9 Å². The number of rotatable bonds is 6. The quantitative estimate of drug-likeness (QED) is 0.263. The molecule has 3 aliphatic rings. The van der Waals surface area contributed by atoms with E-state index >= 15 is 0 Å². The minimum atomic E-state index is -0.768. The van der Waals surface area contributed by atoms with Gasteiger partial charge in [0, 0.05) is 10.6 Å². The van der Waals surface area contributed by atoms with Crippen molar-refractivity contribution in [2.45, 2.75) is 18.8 Å². The Labute approximate surface area is 240 Å². The summed E-state index contributed by atoms with van der Waals surface area (Å²) < 4.78 is 5.03. The second-order valence-corrected chi connectivity index (χ2v) is 11.0. The maximum absolute atomic E-state index is 13.5. The molecule has 0 radical (unpaired) electrons. The lowest BCUT2D eigenvalue weighted by atomic mass is 9.73. The first-order chi connectivity index (χ1) is 19.8. The summed E-state index contributed by atoms with van der Waals surface area (Å²) in [6.45, 7) is -0.626. The number of amides is 4. The Morgan fingerprint density at radius 3 is 2.17 bits per heavy atom. The van der Waals surface area contributed by atoms with Gasteiger partial charge in [0.2, 0.25) is 11.8 Å². The zero-order chi connectivity index (χ0) is 28.7. The number of carbonyl (C=O) groups is 5. The van der Waals surface area contributed by atoms with Crippen LogP contribution in [0.1, 0.15) is 45.0 Å². The second-order valence-electron chi connectivity index (χ2n) is 10.6. The van der Waals surface area contributed by atoms with Crippen molar-refractivity contribution in [2.75, 3.05) is 11.5 Å². The summed E-state index contributed by atoms with van der Waals surface area (Å²) in [7, 11) is 0. The molecule has 2 bridgehead atoms. The van der Waals surface area contributed by atoms with Gasteiger partial charge in [0.15, 0.2) is 6.61 Å². The molecule has 2 N–H and O–H groups in total. The highest BCUT2D eigenvalue weighted by atomic mass is 35.5. The van der Waals surface area contributed by atoms with Crippen LogP contribution < -0.4 is 15.8 Å². The average molecular weight is 572 g/mol. The second kappa shape index (κ2) is 10.8. The Hall–Kier alpha value is -4.50. The van der Waals surface area contributed by atoms with Crippen LogP contribution in [0.2, 0.25) is 5.02 Å². The van der Waals surface area contributed by atoms with E-state index in [4.69, 9.17) is 16.3 Å². The lowest BCUT2D eigenvalue weighted by Gasteiger charge is -2.28. The van der Waals surface area contributed by atoms with E-state index in [9.17, 15) is 24.0 Å². The average Bonchev–Trinajstić information content (AvgIpc) is 3.66. The molecule has 41 heavy (non-hydrogen) atoms. The van der Waals surface area contributed by atoms with Crippen molar-refractivity contribution in [1.29, 1.82) is 0 Å². The third kappa shape index (κ3) is 4.97. The van der Waals surface area contributed by atoms with Crippen molar-refractivity contribution in [2.24, 2.45) is 23.7 Å². The summed E-state index contributed by atoms with van der Waals surface area (Å²) in [5, 5.41) is 0.468. The van der Waals surface area contributed by atoms with Crippen LogP contribution in [-0.2, 0) is 19.1 Å². The fourth-order valence-electron chi connectivity index (χ4n) is 6.59. The summed E-state index contributed by atoms with van der Waals surface area (Å²) in [5.74, 6) is -2.43. The van der Waals surface area contributed by atoms with Crippen LogP contribution in [0.4, 0.5) is 5.69 Å². The van der Waals surface area contributed by atoms with Crippen molar-refractivity contribution in [1.82, 2.24) is 10.9 Å². The standard InChI is InChI=1S/C31H26ClN3O6/c32-21-10-6-18(7-11-21)28(37)34-33-25(36)16-41-31(40)19-8-12-22(13-9-19)35-29(38)26-20-14-23(17-4-2-1-3-5-17)24(15-20)27(26)30(35)39/h1-13,20,23-24,26-27H,14-16H2,(H,33,36)(H,34,37)/t20-,23+,24+,26+,27-/m0/s1. The maximum Gasteiger partial charge on any atom is 0.338 e. The van der Waals surface area contributed by atoms with E-state index in [1.807, 2.05) is 18.2 Å². The van der Waals surface area contributed by atoms with E-state index in [1.165, 1.54) is 59.0 Å². The van der Waals surface area contributed by atoms with Gasteiger partial charge in [-0.05, 0) is 84.7 Å². The smallest absolute Gasteiger partial charge is 0.338 e. The molecule has 1 heterocycles. The number of nitrogens with one attached hydrogen (secondary N) is 2. The minimum absolute atomic E-state index is 0.144. The zero-order valence-electron chi connectivity index (χ0n) is 21.8. The number of esters is 1. The van der Waals surface area contributed by atoms with E-state index in [2.05, 4.69) is 23.0 Å². The van der Waals surface area contributed by atoms with Gasteiger partial charge in [-0.25, -0.2) is 4.79 Å². The fourth-order valence-corrected chi connectivity index (χ4v) is 6.72. The number of hydrazine groups is 1. The van der Waals surface area contributed by atoms with Crippen LogP contribution in [0.5, 0.6) is 0 Å². The maximum atomic E-state index is 13.5. The van der Waals surface area contributed by atoms with Crippen molar-refractivity contribution in [3.8, 4) is 0 Å². The predicted molar refractivity (Wildman–Crippen MR) is 149 cm³/mol. The fraction of sp³-hybridized carbons (Fsp3) is 0.258. The number of halogens is 1. The molecule has 0 unspecified atom stereocenters. The summed E-state index contributed by atoms with van der Waals surface area (Å²) in [4.78, 5) is 64.7. The van der Waals surface area contributed by atoms with Crippen molar-refractivity contribution >= 4 is 46.9 Å². The van der Waals surface area contributed by atoms with Gasteiger partial charge >= 0.3 is 5.97 Å². The molecule has 1 aliphatic heterocycles. The molecule has 3 aromatic rings. The summed E-state index contributed by atoms with van der Waals surface area (Å²) >= 11 is 5.79. The number of benzene rings is 3. The van der Waals surface area contributed by atoms with Crippen molar-refractivity contribution in [3.63, 3.8) is 0 Å². The topological polar surface area (TPSA) is 122 Å². The van der Waals surface area contributed by atoms with Gasteiger partial charge in [-0.2, -0.15) is 0 Å². The zero-order valence-corrected chi connectivity index (χ0v) is 22.5. The van der Waals surface area contributed by atoms with Crippen molar-refractivity contribution in [3.05, 3.63) is 101 Å². The molecule has 4 amide bonds. The van der Waals surface area contributed by atoms with Gasteiger partial charge in [0.1, 0.15) is 0 Å². The number of imide groups is 1. The van der Waals surface area contributed by atoms with E-state index in [-0.39, 0.29) is 52.5 Å². The predicted octanol–water partition coefficient (Wildman–Crippen LogP) is 3.89. The van der Waals surface area contributed by atoms with Crippen LogP contribution in [0, 0.1) is 23.7 Å². The monoisotopic (exact) mass is 571 g/mol. The lowest BCUT2D eigenvalue weighted by molar-refractivity contribution is -0.125. The van der Waals surface area contributed by atoms with Crippen molar-refractivity contribution < 1.29 is 28.7 Å². The molecule has 6 rings (SSSR count). The summed E-state index contributed by atoms with van der Waals surface area (Å²) in [5.41, 5.74) is 6.46. The number of hydrogen-bond acceptors (Lipinski definition) is 6. The van der Waals surface area contributed by atoms with Gasteiger partial charge < -0.3 is 4.74 Å². The highest BCUT2D eigenvalue weighted by Gasteiger charge is 2.64. The molecule has 2 aliphatic carbocycles. The Bertz CT molecular complexity index is 1530. The molecular weight excluding hydrogens is 546 g/mol. The number of nitrogens with zero attached hydrogens (tertiary/aromatic N) is 1. The first-order valence-corrected chi connectivity index (χ1v) is 13.7. The molecule has 2 saturated carbocycles. The Kier molecular flexibility index (Phi) is 7.05. The molecule has 0 aromatic heterocycles. The lowest BCUT2D eigenvalue weighted by Crippen LogP contribution is -2.43. The number of hydrogen-bond donors (Lipinski definition) is 2. The molecule has 5 atom stereocenters. The molecular formula is C31H26ClN3O6.